The molecule has 2 N–H and O–H groups in total. The first kappa shape index (κ1) is 11.5. The lowest BCUT2D eigenvalue weighted by Gasteiger charge is -2.03. The van der Waals surface area contributed by atoms with Crippen molar-refractivity contribution in [2.24, 2.45) is 0 Å². The molecule has 0 radical (unpaired) electrons. The zero-order valence-corrected chi connectivity index (χ0v) is 11.4. The summed E-state index contributed by atoms with van der Waals surface area (Å²) in [4.78, 5) is 0. The molecule has 0 aliphatic heterocycles. The van der Waals surface area contributed by atoms with Crippen LogP contribution in [0.1, 0.15) is 5.76 Å². The standard InChI is InChI=1S/C11H9Br2NO2/c12-10-5-9(16-11(10)13)6-14-7-1-3-8(15)4-2-7/h1-5,14-15H,6H2. The zero-order valence-electron chi connectivity index (χ0n) is 8.21. The van der Waals surface area contributed by atoms with Gasteiger partial charge in [0, 0.05) is 5.69 Å². The van der Waals surface area contributed by atoms with Gasteiger partial charge >= 0.3 is 0 Å². The third kappa shape index (κ3) is 2.80. The first-order valence-electron chi connectivity index (χ1n) is 4.62. The molecule has 0 fully saturated rings. The number of aromatic hydroxyl groups is 1. The minimum absolute atomic E-state index is 0.258. The van der Waals surface area contributed by atoms with Crippen LogP contribution in [0, 0.1) is 0 Å². The molecule has 0 saturated heterocycles. The molecule has 0 unspecified atom stereocenters. The summed E-state index contributed by atoms with van der Waals surface area (Å²) >= 11 is 6.63. The van der Waals surface area contributed by atoms with Crippen LogP contribution in [0.15, 0.2) is 43.9 Å². The molecule has 0 saturated carbocycles. The number of hydrogen-bond acceptors (Lipinski definition) is 3. The van der Waals surface area contributed by atoms with Crippen LogP contribution >= 0.6 is 31.9 Å². The Hall–Kier alpha value is -0.940. The van der Waals surface area contributed by atoms with Crippen molar-refractivity contribution in [3.8, 4) is 5.75 Å². The maximum Gasteiger partial charge on any atom is 0.183 e. The monoisotopic (exact) mass is 345 g/mol. The first-order valence-corrected chi connectivity index (χ1v) is 6.20. The molecule has 5 heteroatoms. The van der Waals surface area contributed by atoms with Crippen molar-refractivity contribution in [3.05, 3.63) is 45.2 Å². The quantitative estimate of drug-likeness (QED) is 0.821. The van der Waals surface area contributed by atoms with Crippen molar-refractivity contribution < 1.29 is 9.52 Å². The predicted molar refractivity (Wildman–Crippen MR) is 69.5 cm³/mol. The predicted octanol–water partition coefficient (Wildman–Crippen LogP) is 4.12. The number of nitrogens with one attached hydrogen (secondary N) is 1. The average Bonchev–Trinajstić information content (AvgIpc) is 2.58. The molecule has 0 aliphatic carbocycles. The fourth-order valence-corrected chi connectivity index (χ4v) is 1.91. The van der Waals surface area contributed by atoms with Gasteiger partial charge < -0.3 is 14.8 Å². The first-order chi connectivity index (χ1) is 7.65. The van der Waals surface area contributed by atoms with Gasteiger partial charge in [-0.2, -0.15) is 0 Å². The van der Waals surface area contributed by atoms with E-state index in [-0.39, 0.29) is 5.75 Å². The molecule has 84 valence electrons. The second-order valence-corrected chi connectivity index (χ2v) is 4.81. The van der Waals surface area contributed by atoms with Gasteiger partial charge in [-0.25, -0.2) is 0 Å². The van der Waals surface area contributed by atoms with Crippen molar-refractivity contribution in [2.45, 2.75) is 6.54 Å². The second-order valence-electron chi connectivity index (χ2n) is 3.23. The summed E-state index contributed by atoms with van der Waals surface area (Å²) in [5, 5.41) is 12.3. The van der Waals surface area contributed by atoms with Gasteiger partial charge in [0.05, 0.1) is 11.0 Å². The highest BCUT2D eigenvalue weighted by Crippen LogP contribution is 2.27. The van der Waals surface area contributed by atoms with Gasteiger partial charge in [-0.05, 0) is 62.2 Å². The summed E-state index contributed by atoms with van der Waals surface area (Å²) in [6.07, 6.45) is 0. The molecule has 2 aromatic rings. The molecule has 1 heterocycles. The highest BCUT2D eigenvalue weighted by Gasteiger charge is 2.05. The summed E-state index contributed by atoms with van der Waals surface area (Å²) in [5.41, 5.74) is 0.932. The second kappa shape index (κ2) is 4.93. The highest BCUT2D eigenvalue weighted by molar-refractivity contribution is 9.13. The van der Waals surface area contributed by atoms with Gasteiger partial charge in [0.25, 0.3) is 0 Å². The molecule has 2 rings (SSSR count). The maximum atomic E-state index is 9.12. The molecule has 0 bridgehead atoms. The fraction of sp³-hybridized carbons (Fsp3) is 0.0909. The maximum absolute atomic E-state index is 9.12. The van der Waals surface area contributed by atoms with Crippen LogP contribution in [-0.2, 0) is 6.54 Å². The van der Waals surface area contributed by atoms with Gasteiger partial charge in [-0.1, -0.05) is 0 Å². The van der Waals surface area contributed by atoms with E-state index in [9.17, 15) is 0 Å². The van der Waals surface area contributed by atoms with Crippen LogP contribution in [0.5, 0.6) is 5.75 Å². The highest BCUT2D eigenvalue weighted by atomic mass is 79.9. The number of rotatable bonds is 3. The van der Waals surface area contributed by atoms with Crippen molar-refractivity contribution in [1.29, 1.82) is 0 Å². The van der Waals surface area contributed by atoms with Gasteiger partial charge in [0.15, 0.2) is 4.67 Å². The molecule has 0 aliphatic rings. The lowest BCUT2D eigenvalue weighted by Crippen LogP contribution is -1.97. The third-order valence-electron chi connectivity index (χ3n) is 2.03. The van der Waals surface area contributed by atoms with Gasteiger partial charge in [-0.3, -0.25) is 0 Å². The number of benzene rings is 1. The van der Waals surface area contributed by atoms with Gasteiger partial charge in [-0.15, -0.1) is 0 Å². The molecule has 1 aromatic heterocycles. The van der Waals surface area contributed by atoms with E-state index in [2.05, 4.69) is 37.2 Å². The summed E-state index contributed by atoms with van der Waals surface area (Å²) in [6, 6.07) is 8.79. The largest absolute Gasteiger partial charge is 0.508 e. The zero-order chi connectivity index (χ0) is 11.5. The minimum atomic E-state index is 0.258. The smallest absolute Gasteiger partial charge is 0.183 e. The van der Waals surface area contributed by atoms with E-state index < -0.39 is 0 Å². The van der Waals surface area contributed by atoms with E-state index in [0.29, 0.717) is 11.2 Å². The SMILES string of the molecule is Oc1ccc(NCc2cc(Br)c(Br)o2)cc1. The van der Waals surface area contributed by atoms with E-state index in [1.807, 2.05) is 18.2 Å². The average molecular weight is 347 g/mol. The number of anilines is 1. The molecule has 1 aromatic carbocycles. The van der Waals surface area contributed by atoms with E-state index in [1.165, 1.54) is 0 Å². The molecule has 3 nitrogen and oxygen atoms in total. The van der Waals surface area contributed by atoms with Crippen LogP contribution in [0.25, 0.3) is 0 Å². The van der Waals surface area contributed by atoms with Crippen molar-refractivity contribution in [2.75, 3.05) is 5.32 Å². The van der Waals surface area contributed by atoms with Crippen LogP contribution in [0.3, 0.4) is 0 Å². The lowest BCUT2D eigenvalue weighted by atomic mass is 10.3. The molecular weight excluding hydrogens is 338 g/mol. The number of halogens is 2. The normalized spacial score (nSPS) is 10.4. The van der Waals surface area contributed by atoms with Crippen LogP contribution in [-0.4, -0.2) is 5.11 Å². The lowest BCUT2D eigenvalue weighted by molar-refractivity contribution is 0.475. The summed E-state index contributed by atoms with van der Waals surface area (Å²) in [6.45, 7) is 0.592. The van der Waals surface area contributed by atoms with Crippen molar-refractivity contribution in [1.82, 2.24) is 0 Å². The number of furan rings is 1. The Morgan fingerprint density at radius 3 is 2.44 bits per heavy atom. The van der Waals surface area contributed by atoms with Crippen LogP contribution < -0.4 is 5.32 Å². The summed E-state index contributed by atoms with van der Waals surface area (Å²) in [7, 11) is 0. The molecule has 0 atom stereocenters. The van der Waals surface area contributed by atoms with E-state index in [1.54, 1.807) is 12.1 Å². The Morgan fingerprint density at radius 2 is 1.88 bits per heavy atom. The molecule has 16 heavy (non-hydrogen) atoms. The topological polar surface area (TPSA) is 45.4 Å². The number of phenols is 1. The van der Waals surface area contributed by atoms with Gasteiger partial charge in [0.2, 0.25) is 0 Å². The van der Waals surface area contributed by atoms with Crippen molar-refractivity contribution in [3.63, 3.8) is 0 Å². The van der Waals surface area contributed by atoms with Crippen LogP contribution in [0.4, 0.5) is 5.69 Å². The van der Waals surface area contributed by atoms with E-state index in [4.69, 9.17) is 9.52 Å². The Bertz CT molecular complexity index is 460. The molecule has 0 spiro atoms. The van der Waals surface area contributed by atoms with Crippen molar-refractivity contribution >= 4 is 37.5 Å². The Kier molecular flexibility index (Phi) is 3.56. The van der Waals surface area contributed by atoms with E-state index in [0.717, 1.165) is 15.9 Å². The fourth-order valence-electron chi connectivity index (χ4n) is 1.25. The summed E-state index contributed by atoms with van der Waals surface area (Å²) < 4.78 is 7.01. The summed E-state index contributed by atoms with van der Waals surface area (Å²) in [5.74, 6) is 1.08. The third-order valence-corrected chi connectivity index (χ3v) is 3.74. The minimum Gasteiger partial charge on any atom is -0.508 e. The van der Waals surface area contributed by atoms with Crippen LogP contribution in [0.2, 0.25) is 0 Å². The Balaban J connectivity index is 1.99. The van der Waals surface area contributed by atoms with Gasteiger partial charge in [0.1, 0.15) is 11.5 Å². The molecule has 0 amide bonds. The van der Waals surface area contributed by atoms with E-state index >= 15 is 0 Å². The Labute approximate surface area is 110 Å². The molecular formula is C11H9Br2NO2. The Morgan fingerprint density at radius 1 is 1.19 bits per heavy atom. The number of hydrogen-bond donors (Lipinski definition) is 2. The number of phenolic OH excluding ortho intramolecular Hbond substituents is 1.